The molecule has 1 aliphatic rings. The molecule has 0 spiro atoms. The van der Waals surface area contributed by atoms with Gasteiger partial charge < -0.3 is 4.57 Å². The number of halogens is 6. The molecule has 1 atom stereocenters. The highest BCUT2D eigenvalue weighted by Gasteiger charge is 2.41. The predicted molar refractivity (Wildman–Crippen MR) is 128 cm³/mol. The molecule has 4 rings (SSSR count). The molecule has 1 aliphatic carbocycles. The lowest BCUT2D eigenvalue weighted by Gasteiger charge is -2.20. The van der Waals surface area contributed by atoms with Crippen LogP contribution in [0.25, 0.3) is 22.0 Å². The monoisotopic (exact) mass is 558 g/mol. The van der Waals surface area contributed by atoms with Gasteiger partial charge >= 0.3 is 6.18 Å². The number of rotatable bonds is 7. The second-order valence-electron chi connectivity index (χ2n) is 10.5. The molecule has 3 aromatic rings. The molecule has 6 nitrogen and oxygen atoms in total. The zero-order chi connectivity index (χ0) is 28.2. The Bertz CT molecular complexity index is 1530. The first-order valence-electron chi connectivity index (χ1n) is 11.6. The number of aromatic nitrogens is 2. The molecule has 13 heteroatoms. The third-order valence-corrected chi connectivity index (χ3v) is 7.99. The summed E-state index contributed by atoms with van der Waals surface area (Å²) in [5, 5.41) is 8.14. The second-order valence-corrected chi connectivity index (χ2v) is 12.5. The lowest BCUT2D eigenvalue weighted by atomic mass is 9.96. The Balaban J connectivity index is 1.96. The van der Waals surface area contributed by atoms with Gasteiger partial charge in [-0.05, 0) is 42.5 Å². The van der Waals surface area contributed by atoms with E-state index >= 15 is 4.39 Å². The molecule has 1 fully saturated rings. The SMILES string of the molecule is CC(C)(C)Cn1cc(C(NS(=O)(=O)C2CC2)C(F)F)c2cc(F)c(-c3ccc(C#N)nc3C(F)(F)F)cc21. The molecule has 2 aromatic heterocycles. The largest absolute Gasteiger partial charge is 0.434 e. The Labute approximate surface area is 215 Å². The van der Waals surface area contributed by atoms with Gasteiger partial charge in [-0.2, -0.15) is 18.4 Å². The van der Waals surface area contributed by atoms with Crippen molar-refractivity contribution < 1.29 is 34.8 Å². The van der Waals surface area contributed by atoms with E-state index in [1.54, 1.807) is 0 Å². The Hall–Kier alpha value is -3.11. The lowest BCUT2D eigenvalue weighted by molar-refractivity contribution is -0.140. The van der Waals surface area contributed by atoms with Gasteiger partial charge in [0.2, 0.25) is 10.0 Å². The summed E-state index contributed by atoms with van der Waals surface area (Å²) in [6.07, 6.45) is -6.22. The molecular weight excluding hydrogens is 534 g/mol. The van der Waals surface area contributed by atoms with Crippen molar-refractivity contribution in [2.75, 3.05) is 0 Å². The van der Waals surface area contributed by atoms with Crippen LogP contribution in [0.1, 0.15) is 56.6 Å². The number of benzene rings is 1. The number of nitrogens with zero attached hydrogens (tertiary/aromatic N) is 3. The van der Waals surface area contributed by atoms with E-state index in [1.807, 2.05) is 25.5 Å². The van der Waals surface area contributed by atoms with Crippen molar-refractivity contribution in [2.24, 2.45) is 5.41 Å². The number of hydrogen-bond acceptors (Lipinski definition) is 4. The molecule has 1 aromatic carbocycles. The van der Waals surface area contributed by atoms with Crippen molar-refractivity contribution in [3.8, 4) is 17.2 Å². The standard InChI is InChI=1S/C25H24F6N4O2S/c1-24(2,3)12-35-11-18(21(23(27)28)34-38(36,37)14-5-6-14)17-8-19(26)16(9-20(17)35)15-7-4-13(10-32)33-22(15)25(29,30)31/h4,7-9,11,14,21,23,34H,5-6,12H2,1-3H3. The maximum atomic E-state index is 15.4. The highest BCUT2D eigenvalue weighted by Crippen LogP contribution is 2.41. The minimum atomic E-state index is -5.01. The first-order chi connectivity index (χ1) is 17.5. The van der Waals surface area contributed by atoms with Crippen molar-refractivity contribution in [3.05, 3.63) is 53.2 Å². The Morgan fingerprint density at radius 1 is 1.16 bits per heavy atom. The molecule has 0 aliphatic heterocycles. The highest BCUT2D eigenvalue weighted by atomic mass is 32.2. The van der Waals surface area contributed by atoms with Gasteiger partial charge in [0, 0.05) is 40.3 Å². The number of hydrogen-bond donors (Lipinski definition) is 1. The lowest BCUT2D eigenvalue weighted by Crippen LogP contribution is -2.35. The zero-order valence-corrected chi connectivity index (χ0v) is 21.4. The van der Waals surface area contributed by atoms with Crippen LogP contribution in [0.5, 0.6) is 0 Å². The minimum absolute atomic E-state index is 0.0607. The third-order valence-electron chi connectivity index (χ3n) is 6.06. The summed E-state index contributed by atoms with van der Waals surface area (Å²) < 4.78 is 114. The summed E-state index contributed by atoms with van der Waals surface area (Å²) in [7, 11) is -4.06. The van der Waals surface area contributed by atoms with Gasteiger partial charge in [0.05, 0.1) is 5.25 Å². The first kappa shape index (κ1) is 27.9. The summed E-state index contributed by atoms with van der Waals surface area (Å²) in [5.74, 6) is -1.15. The molecular formula is C25H24F6N4O2S. The fourth-order valence-corrected chi connectivity index (χ4v) is 5.82. The Kier molecular flexibility index (Phi) is 7.03. The van der Waals surface area contributed by atoms with E-state index < -0.39 is 67.7 Å². The maximum Gasteiger partial charge on any atom is 0.434 e. The van der Waals surface area contributed by atoms with E-state index in [0.29, 0.717) is 12.8 Å². The summed E-state index contributed by atoms with van der Waals surface area (Å²) in [6, 6.07) is 3.42. The van der Waals surface area contributed by atoms with Crippen LogP contribution in [0, 0.1) is 22.6 Å². The quantitative estimate of drug-likeness (QED) is 0.352. The van der Waals surface area contributed by atoms with Gasteiger partial charge in [-0.25, -0.2) is 31.3 Å². The van der Waals surface area contributed by atoms with Crippen molar-refractivity contribution >= 4 is 20.9 Å². The third kappa shape index (κ3) is 5.66. The van der Waals surface area contributed by atoms with Crippen molar-refractivity contribution in [2.45, 2.75) is 64.1 Å². The van der Waals surface area contributed by atoms with Crippen molar-refractivity contribution in [1.29, 1.82) is 5.26 Å². The van der Waals surface area contributed by atoms with E-state index in [4.69, 9.17) is 5.26 Å². The molecule has 204 valence electrons. The average Bonchev–Trinajstić information content (AvgIpc) is 3.60. The Morgan fingerprint density at radius 2 is 1.82 bits per heavy atom. The van der Waals surface area contributed by atoms with E-state index in [-0.39, 0.29) is 23.0 Å². The number of pyridine rings is 1. The normalized spacial score (nSPS) is 15.7. The van der Waals surface area contributed by atoms with E-state index in [9.17, 15) is 30.4 Å². The van der Waals surface area contributed by atoms with Gasteiger partial charge in [-0.1, -0.05) is 20.8 Å². The summed E-state index contributed by atoms with van der Waals surface area (Å²) in [6.45, 7) is 5.73. The molecule has 38 heavy (non-hydrogen) atoms. The fourth-order valence-electron chi connectivity index (χ4n) is 4.29. The Morgan fingerprint density at radius 3 is 2.34 bits per heavy atom. The van der Waals surface area contributed by atoms with Crippen LogP contribution in [0.2, 0.25) is 0 Å². The van der Waals surface area contributed by atoms with Gasteiger partial charge in [-0.15, -0.1) is 0 Å². The van der Waals surface area contributed by atoms with Crippen LogP contribution in [0.3, 0.4) is 0 Å². The van der Waals surface area contributed by atoms with Gasteiger partial charge in [0.15, 0.2) is 5.69 Å². The highest BCUT2D eigenvalue weighted by molar-refractivity contribution is 7.90. The fraction of sp³-hybridized carbons (Fsp3) is 0.440. The van der Waals surface area contributed by atoms with Crippen LogP contribution in [0.15, 0.2) is 30.5 Å². The summed E-state index contributed by atoms with van der Waals surface area (Å²) in [5.41, 5.74) is -3.58. The van der Waals surface area contributed by atoms with E-state index in [0.717, 1.165) is 24.3 Å². The average molecular weight is 559 g/mol. The molecule has 1 saturated carbocycles. The molecule has 0 amide bonds. The molecule has 1 unspecified atom stereocenters. The molecule has 2 heterocycles. The van der Waals surface area contributed by atoms with Crippen LogP contribution < -0.4 is 4.72 Å². The van der Waals surface area contributed by atoms with Crippen LogP contribution in [-0.2, 0) is 22.7 Å². The number of fused-ring (bicyclic) bond motifs is 1. The van der Waals surface area contributed by atoms with E-state index in [2.05, 4.69) is 4.98 Å². The maximum absolute atomic E-state index is 15.4. The molecule has 0 saturated heterocycles. The van der Waals surface area contributed by atoms with Crippen LogP contribution in [0.4, 0.5) is 26.3 Å². The topological polar surface area (TPSA) is 87.8 Å². The molecule has 0 radical (unpaired) electrons. The summed E-state index contributed by atoms with van der Waals surface area (Å²) in [4.78, 5) is 3.33. The summed E-state index contributed by atoms with van der Waals surface area (Å²) >= 11 is 0. The second kappa shape index (κ2) is 9.57. The number of nitrogens with one attached hydrogen (secondary N) is 1. The minimum Gasteiger partial charge on any atom is -0.347 e. The zero-order valence-electron chi connectivity index (χ0n) is 20.6. The van der Waals surface area contributed by atoms with Crippen LogP contribution >= 0.6 is 0 Å². The number of nitriles is 1. The van der Waals surface area contributed by atoms with E-state index in [1.165, 1.54) is 16.8 Å². The number of sulfonamides is 1. The van der Waals surface area contributed by atoms with Crippen molar-refractivity contribution in [3.63, 3.8) is 0 Å². The van der Waals surface area contributed by atoms with Gasteiger partial charge in [-0.3, -0.25) is 0 Å². The molecule has 0 bridgehead atoms. The first-order valence-corrected chi connectivity index (χ1v) is 13.2. The van der Waals surface area contributed by atoms with Crippen molar-refractivity contribution in [1.82, 2.24) is 14.3 Å². The van der Waals surface area contributed by atoms with Crippen LogP contribution in [-0.4, -0.2) is 29.6 Å². The van der Waals surface area contributed by atoms with Gasteiger partial charge in [0.1, 0.15) is 23.6 Å². The molecule has 1 N–H and O–H groups in total. The van der Waals surface area contributed by atoms with Gasteiger partial charge in [0.25, 0.3) is 6.43 Å². The number of alkyl halides is 5. The predicted octanol–water partition coefficient (Wildman–Crippen LogP) is 6.17. The smallest absolute Gasteiger partial charge is 0.347 e.